The van der Waals surface area contributed by atoms with E-state index in [1.54, 1.807) is 0 Å². The van der Waals surface area contributed by atoms with E-state index < -0.39 is 0 Å². The molecule has 0 aliphatic heterocycles. The van der Waals surface area contributed by atoms with Crippen molar-refractivity contribution in [2.45, 2.75) is 40.7 Å². The number of hydrogen-bond acceptors (Lipinski definition) is 2. The molecule has 1 aromatic carbocycles. The molecule has 4 nitrogen and oxygen atoms in total. The van der Waals surface area contributed by atoms with Crippen LogP contribution >= 0.6 is 0 Å². The molecule has 20 heavy (non-hydrogen) atoms. The lowest BCUT2D eigenvalue weighted by Crippen LogP contribution is -2.27. The Kier molecular flexibility index (Phi) is 3.84. The number of benzene rings is 1. The second-order valence-electron chi connectivity index (χ2n) is 6.56. The molecule has 108 valence electrons. The summed E-state index contributed by atoms with van der Waals surface area (Å²) >= 11 is 0. The lowest BCUT2D eigenvalue weighted by atomic mass is 9.92. The summed E-state index contributed by atoms with van der Waals surface area (Å²) in [7, 11) is 2.01. The number of rotatable bonds is 3. The molecule has 0 unspecified atom stereocenters. The molecule has 1 amide bonds. The number of nitrogens with one attached hydrogen (secondary N) is 1. The lowest BCUT2D eigenvalue weighted by Gasteiger charge is -2.17. The minimum Gasteiger partial charge on any atom is -0.352 e. The second kappa shape index (κ2) is 5.27. The molecule has 1 heterocycles. The van der Waals surface area contributed by atoms with Crippen LogP contribution in [0.4, 0.5) is 0 Å². The third-order valence-corrected chi connectivity index (χ3v) is 3.35. The topological polar surface area (TPSA) is 46.9 Å². The zero-order chi connectivity index (χ0) is 14.9. The standard InChI is InChI=1S/C16H23N3O/c1-11-18-13-8-12(6-7-14(13)19(11)5)10-17-15(20)9-16(2,3)4/h6-8H,9-10H2,1-5H3,(H,17,20). The maximum absolute atomic E-state index is 11.8. The smallest absolute Gasteiger partial charge is 0.220 e. The number of amides is 1. The lowest BCUT2D eigenvalue weighted by molar-refractivity contribution is -0.122. The summed E-state index contributed by atoms with van der Waals surface area (Å²) in [6.07, 6.45) is 0.540. The average Bonchev–Trinajstić information content (AvgIpc) is 2.60. The van der Waals surface area contributed by atoms with Crippen LogP contribution in [0.5, 0.6) is 0 Å². The van der Waals surface area contributed by atoms with E-state index in [1.807, 2.05) is 26.1 Å². The molecule has 0 radical (unpaired) electrons. The molecular weight excluding hydrogens is 250 g/mol. The van der Waals surface area contributed by atoms with Crippen LogP contribution in [0.25, 0.3) is 11.0 Å². The molecular formula is C16H23N3O. The van der Waals surface area contributed by atoms with Crippen LogP contribution < -0.4 is 5.32 Å². The van der Waals surface area contributed by atoms with Crippen molar-refractivity contribution in [2.24, 2.45) is 12.5 Å². The van der Waals surface area contributed by atoms with Gasteiger partial charge in [-0.25, -0.2) is 4.98 Å². The Balaban J connectivity index is 2.05. The van der Waals surface area contributed by atoms with Crippen molar-refractivity contribution >= 4 is 16.9 Å². The first-order chi connectivity index (χ1) is 9.26. The fourth-order valence-electron chi connectivity index (χ4n) is 2.22. The Morgan fingerprint density at radius 1 is 1.35 bits per heavy atom. The van der Waals surface area contributed by atoms with Gasteiger partial charge >= 0.3 is 0 Å². The van der Waals surface area contributed by atoms with Gasteiger partial charge in [-0.3, -0.25) is 4.79 Å². The van der Waals surface area contributed by atoms with Crippen LogP contribution in [0.2, 0.25) is 0 Å². The molecule has 0 saturated heterocycles. The van der Waals surface area contributed by atoms with Crippen LogP contribution in [-0.2, 0) is 18.4 Å². The first-order valence-corrected chi connectivity index (χ1v) is 6.95. The number of hydrogen-bond donors (Lipinski definition) is 1. The van der Waals surface area contributed by atoms with E-state index in [1.165, 1.54) is 0 Å². The Labute approximate surface area is 120 Å². The summed E-state index contributed by atoms with van der Waals surface area (Å²) in [5, 5.41) is 2.97. The minimum atomic E-state index is 0.0200. The number of aryl methyl sites for hydroxylation is 2. The van der Waals surface area contributed by atoms with Gasteiger partial charge in [-0.05, 0) is 30.0 Å². The van der Waals surface area contributed by atoms with Crippen molar-refractivity contribution in [1.29, 1.82) is 0 Å². The maximum Gasteiger partial charge on any atom is 0.220 e. The molecule has 0 aliphatic rings. The molecule has 0 spiro atoms. The van der Waals surface area contributed by atoms with Gasteiger partial charge < -0.3 is 9.88 Å². The van der Waals surface area contributed by atoms with E-state index in [9.17, 15) is 4.79 Å². The zero-order valence-corrected chi connectivity index (χ0v) is 12.9. The van der Waals surface area contributed by atoms with Crippen molar-refractivity contribution in [3.05, 3.63) is 29.6 Å². The van der Waals surface area contributed by atoms with Crippen LogP contribution in [0.15, 0.2) is 18.2 Å². The van der Waals surface area contributed by atoms with Gasteiger partial charge in [0.1, 0.15) is 5.82 Å². The van der Waals surface area contributed by atoms with E-state index in [0.717, 1.165) is 22.4 Å². The number of imidazole rings is 1. The Bertz CT molecular complexity index is 635. The van der Waals surface area contributed by atoms with Crippen molar-refractivity contribution in [3.63, 3.8) is 0 Å². The van der Waals surface area contributed by atoms with Gasteiger partial charge in [0.05, 0.1) is 11.0 Å². The molecule has 1 aromatic heterocycles. The third-order valence-electron chi connectivity index (χ3n) is 3.35. The highest BCUT2D eigenvalue weighted by molar-refractivity contribution is 5.78. The summed E-state index contributed by atoms with van der Waals surface area (Å²) in [6, 6.07) is 6.14. The minimum absolute atomic E-state index is 0.0200. The van der Waals surface area contributed by atoms with Crippen LogP contribution in [-0.4, -0.2) is 15.5 Å². The van der Waals surface area contributed by atoms with Crippen molar-refractivity contribution in [1.82, 2.24) is 14.9 Å². The summed E-state index contributed by atoms with van der Waals surface area (Å²) in [6.45, 7) is 8.74. The summed E-state index contributed by atoms with van der Waals surface area (Å²) in [4.78, 5) is 16.3. The van der Waals surface area contributed by atoms with Crippen LogP contribution in [0.3, 0.4) is 0 Å². The Hall–Kier alpha value is -1.84. The fraction of sp³-hybridized carbons (Fsp3) is 0.500. The monoisotopic (exact) mass is 273 g/mol. The van der Waals surface area contributed by atoms with Gasteiger partial charge in [0.15, 0.2) is 0 Å². The number of carbonyl (C=O) groups is 1. The molecule has 0 fully saturated rings. The summed E-state index contributed by atoms with van der Waals surface area (Å²) < 4.78 is 2.07. The van der Waals surface area contributed by atoms with Gasteiger partial charge in [0, 0.05) is 20.0 Å². The maximum atomic E-state index is 11.8. The Morgan fingerprint density at radius 2 is 2.05 bits per heavy atom. The zero-order valence-electron chi connectivity index (χ0n) is 12.9. The van der Waals surface area contributed by atoms with Gasteiger partial charge in [-0.2, -0.15) is 0 Å². The highest BCUT2D eigenvalue weighted by Gasteiger charge is 2.15. The van der Waals surface area contributed by atoms with Gasteiger partial charge in [0.2, 0.25) is 5.91 Å². The largest absolute Gasteiger partial charge is 0.352 e. The number of carbonyl (C=O) groups excluding carboxylic acids is 1. The number of aromatic nitrogens is 2. The molecule has 0 aliphatic carbocycles. The predicted molar refractivity (Wildman–Crippen MR) is 81.4 cm³/mol. The fourth-order valence-corrected chi connectivity index (χ4v) is 2.22. The first kappa shape index (κ1) is 14.6. The molecule has 2 rings (SSSR count). The summed E-state index contributed by atoms with van der Waals surface area (Å²) in [5.41, 5.74) is 3.20. The average molecular weight is 273 g/mol. The summed E-state index contributed by atoms with van der Waals surface area (Å²) in [5.74, 6) is 1.09. The van der Waals surface area contributed by atoms with Crippen LogP contribution in [0.1, 0.15) is 38.6 Å². The number of fused-ring (bicyclic) bond motifs is 1. The van der Waals surface area contributed by atoms with E-state index in [2.05, 4.69) is 41.7 Å². The highest BCUT2D eigenvalue weighted by atomic mass is 16.1. The van der Waals surface area contributed by atoms with E-state index in [-0.39, 0.29) is 11.3 Å². The van der Waals surface area contributed by atoms with Gasteiger partial charge in [-0.15, -0.1) is 0 Å². The third kappa shape index (κ3) is 3.38. The highest BCUT2D eigenvalue weighted by Crippen LogP contribution is 2.19. The van der Waals surface area contributed by atoms with Crippen molar-refractivity contribution in [3.8, 4) is 0 Å². The predicted octanol–water partition coefficient (Wildman–Crippen LogP) is 2.93. The van der Waals surface area contributed by atoms with Gasteiger partial charge in [0.25, 0.3) is 0 Å². The second-order valence-corrected chi connectivity index (χ2v) is 6.56. The quantitative estimate of drug-likeness (QED) is 0.934. The van der Waals surface area contributed by atoms with Crippen LogP contribution in [0, 0.1) is 12.3 Å². The molecule has 4 heteroatoms. The Morgan fingerprint density at radius 3 is 2.70 bits per heavy atom. The normalized spacial score (nSPS) is 11.8. The number of nitrogens with zero attached hydrogens (tertiary/aromatic N) is 2. The SMILES string of the molecule is Cc1nc2cc(CNC(=O)CC(C)(C)C)ccc2n1C. The van der Waals surface area contributed by atoms with Gasteiger partial charge in [-0.1, -0.05) is 26.8 Å². The van der Waals surface area contributed by atoms with Crippen molar-refractivity contribution in [2.75, 3.05) is 0 Å². The van der Waals surface area contributed by atoms with E-state index in [4.69, 9.17) is 0 Å². The molecule has 0 bridgehead atoms. The van der Waals surface area contributed by atoms with E-state index >= 15 is 0 Å². The first-order valence-electron chi connectivity index (χ1n) is 6.95. The van der Waals surface area contributed by atoms with E-state index in [0.29, 0.717) is 13.0 Å². The molecule has 1 N–H and O–H groups in total. The molecule has 0 saturated carbocycles. The van der Waals surface area contributed by atoms with Crippen molar-refractivity contribution < 1.29 is 4.79 Å². The molecule has 0 atom stereocenters. The molecule has 2 aromatic rings.